The third-order valence-electron chi connectivity index (χ3n) is 6.32. The van der Waals surface area contributed by atoms with Gasteiger partial charge in [-0.15, -0.1) is 0 Å². The lowest BCUT2D eigenvalue weighted by atomic mass is 9.89. The summed E-state index contributed by atoms with van der Waals surface area (Å²) in [6.07, 6.45) is 1.87. The summed E-state index contributed by atoms with van der Waals surface area (Å²) in [6, 6.07) is 16.6. The van der Waals surface area contributed by atoms with Crippen LogP contribution >= 0.6 is 0 Å². The van der Waals surface area contributed by atoms with E-state index in [1.165, 1.54) is 5.56 Å². The molecular formula is C27H38N2O3. The van der Waals surface area contributed by atoms with Gasteiger partial charge in [0.05, 0.1) is 6.61 Å². The Kier molecular flexibility index (Phi) is 9.12. The molecule has 0 aliphatic carbocycles. The van der Waals surface area contributed by atoms with Gasteiger partial charge in [-0.1, -0.05) is 36.4 Å². The van der Waals surface area contributed by atoms with Crippen LogP contribution < -0.4 is 10.1 Å². The zero-order valence-corrected chi connectivity index (χ0v) is 20.0. The molecule has 0 saturated carbocycles. The van der Waals surface area contributed by atoms with Crippen LogP contribution in [0, 0.1) is 18.8 Å². The second-order valence-corrected chi connectivity index (χ2v) is 9.09. The van der Waals surface area contributed by atoms with Crippen molar-refractivity contribution in [1.29, 1.82) is 0 Å². The topological polar surface area (TPSA) is 50.8 Å². The number of methoxy groups -OCH3 is 1. The van der Waals surface area contributed by atoms with E-state index in [1.54, 1.807) is 7.11 Å². The summed E-state index contributed by atoms with van der Waals surface area (Å²) in [7, 11) is 1.69. The molecule has 1 fully saturated rings. The minimum atomic E-state index is 0.0760. The first-order valence-corrected chi connectivity index (χ1v) is 11.8. The van der Waals surface area contributed by atoms with Crippen molar-refractivity contribution in [3.8, 4) is 5.75 Å². The number of amides is 1. The summed E-state index contributed by atoms with van der Waals surface area (Å²) in [5, 5.41) is 3.55. The van der Waals surface area contributed by atoms with Crippen molar-refractivity contribution in [2.24, 2.45) is 11.8 Å². The number of nitrogens with one attached hydrogen (secondary N) is 1. The average molecular weight is 439 g/mol. The second kappa shape index (κ2) is 12.0. The van der Waals surface area contributed by atoms with E-state index in [9.17, 15) is 4.79 Å². The van der Waals surface area contributed by atoms with E-state index in [1.807, 2.05) is 30.0 Å². The molecule has 2 unspecified atom stereocenters. The molecule has 1 aliphatic heterocycles. The van der Waals surface area contributed by atoms with Gasteiger partial charge < -0.3 is 19.7 Å². The van der Waals surface area contributed by atoms with Gasteiger partial charge in [0.15, 0.2) is 0 Å². The monoisotopic (exact) mass is 438 g/mol. The van der Waals surface area contributed by atoms with Crippen LogP contribution in [0.4, 0.5) is 0 Å². The molecule has 5 nitrogen and oxygen atoms in total. The summed E-state index contributed by atoms with van der Waals surface area (Å²) in [5.41, 5.74) is 3.09. The van der Waals surface area contributed by atoms with Gasteiger partial charge in [-0.05, 0) is 75.4 Å². The van der Waals surface area contributed by atoms with E-state index in [2.05, 4.69) is 49.5 Å². The van der Waals surface area contributed by atoms with E-state index >= 15 is 0 Å². The highest BCUT2D eigenvalue weighted by Gasteiger charge is 2.31. The van der Waals surface area contributed by atoms with Crippen LogP contribution in [0.2, 0.25) is 0 Å². The minimum Gasteiger partial charge on any atom is -0.493 e. The fourth-order valence-corrected chi connectivity index (χ4v) is 4.38. The number of carbonyl (C=O) groups is 1. The van der Waals surface area contributed by atoms with Crippen LogP contribution in [0.5, 0.6) is 5.75 Å². The molecule has 32 heavy (non-hydrogen) atoms. The molecule has 2 aromatic carbocycles. The van der Waals surface area contributed by atoms with E-state index in [0.29, 0.717) is 30.6 Å². The van der Waals surface area contributed by atoms with Crippen molar-refractivity contribution < 1.29 is 14.3 Å². The Hall–Kier alpha value is -2.37. The maximum absolute atomic E-state index is 13.5. The fourth-order valence-electron chi connectivity index (χ4n) is 4.38. The van der Waals surface area contributed by atoms with Crippen LogP contribution in [-0.4, -0.2) is 56.8 Å². The summed E-state index contributed by atoms with van der Waals surface area (Å²) < 4.78 is 11.0. The molecule has 1 amide bonds. The zero-order chi connectivity index (χ0) is 22.9. The van der Waals surface area contributed by atoms with Gasteiger partial charge in [-0.2, -0.15) is 0 Å². The van der Waals surface area contributed by atoms with E-state index in [4.69, 9.17) is 9.47 Å². The number of nitrogens with zero attached hydrogens (tertiary/aromatic N) is 1. The summed E-state index contributed by atoms with van der Waals surface area (Å²) >= 11 is 0. The smallest absolute Gasteiger partial charge is 0.254 e. The molecule has 0 spiro atoms. The van der Waals surface area contributed by atoms with Crippen molar-refractivity contribution in [1.82, 2.24) is 10.2 Å². The van der Waals surface area contributed by atoms with Gasteiger partial charge in [0, 0.05) is 38.3 Å². The number of hydrogen-bond acceptors (Lipinski definition) is 4. The molecule has 5 heteroatoms. The predicted octanol–water partition coefficient (Wildman–Crippen LogP) is 4.34. The Balaban J connectivity index is 1.69. The molecule has 2 atom stereocenters. The predicted molar refractivity (Wildman–Crippen MR) is 129 cm³/mol. The standard InChI is InChI=1S/C27H38N2O3/c1-20(2)29(19-25-18-28-17-24(25)15-22-9-6-5-7-10-22)27(30)23-12-11-21(3)26(16-23)32-14-8-13-31-4/h5-7,9-12,16,20,24-25,28H,8,13-15,17-19H2,1-4H3. The zero-order valence-electron chi connectivity index (χ0n) is 20.0. The van der Waals surface area contributed by atoms with Crippen LogP contribution in [0.15, 0.2) is 48.5 Å². The van der Waals surface area contributed by atoms with Crippen LogP contribution in [-0.2, 0) is 11.2 Å². The SMILES string of the molecule is COCCCOc1cc(C(=O)N(CC2CNCC2Cc2ccccc2)C(C)C)ccc1C. The quantitative estimate of drug-likeness (QED) is 0.530. The van der Waals surface area contributed by atoms with Crippen molar-refractivity contribution in [2.45, 2.75) is 39.7 Å². The van der Waals surface area contributed by atoms with Crippen molar-refractivity contribution >= 4 is 5.91 Å². The van der Waals surface area contributed by atoms with Gasteiger partial charge in [0.2, 0.25) is 0 Å². The molecule has 1 heterocycles. The Labute approximate surface area is 193 Å². The van der Waals surface area contributed by atoms with Gasteiger partial charge in [-0.3, -0.25) is 4.79 Å². The van der Waals surface area contributed by atoms with E-state index in [-0.39, 0.29) is 11.9 Å². The third kappa shape index (κ3) is 6.57. The molecule has 174 valence electrons. The molecule has 3 rings (SSSR count). The first-order valence-electron chi connectivity index (χ1n) is 11.8. The number of carbonyl (C=O) groups excluding carboxylic acids is 1. The Morgan fingerprint density at radius 2 is 1.84 bits per heavy atom. The second-order valence-electron chi connectivity index (χ2n) is 9.09. The Bertz CT molecular complexity index is 853. The van der Waals surface area contributed by atoms with Gasteiger partial charge in [0.1, 0.15) is 5.75 Å². The Morgan fingerprint density at radius 3 is 2.56 bits per heavy atom. The minimum absolute atomic E-state index is 0.0760. The number of benzene rings is 2. The maximum atomic E-state index is 13.5. The lowest BCUT2D eigenvalue weighted by Crippen LogP contribution is -2.42. The molecular weight excluding hydrogens is 400 g/mol. The molecule has 0 bridgehead atoms. The number of ether oxygens (including phenoxy) is 2. The molecule has 1 N–H and O–H groups in total. The number of aryl methyl sites for hydroxylation is 1. The Morgan fingerprint density at radius 1 is 1.09 bits per heavy atom. The summed E-state index contributed by atoms with van der Waals surface area (Å²) in [5.74, 6) is 1.83. The third-order valence-corrected chi connectivity index (χ3v) is 6.32. The van der Waals surface area contributed by atoms with Crippen LogP contribution in [0.1, 0.15) is 41.8 Å². The van der Waals surface area contributed by atoms with Gasteiger partial charge >= 0.3 is 0 Å². The van der Waals surface area contributed by atoms with Crippen LogP contribution in [0.25, 0.3) is 0 Å². The van der Waals surface area contributed by atoms with Crippen LogP contribution in [0.3, 0.4) is 0 Å². The highest BCUT2D eigenvalue weighted by molar-refractivity contribution is 5.95. The first kappa shape index (κ1) is 24.3. The average Bonchev–Trinajstić information content (AvgIpc) is 3.22. The molecule has 0 aromatic heterocycles. The van der Waals surface area contributed by atoms with Crippen molar-refractivity contribution in [3.63, 3.8) is 0 Å². The highest BCUT2D eigenvalue weighted by atomic mass is 16.5. The molecule has 1 saturated heterocycles. The fraction of sp³-hybridized carbons (Fsp3) is 0.519. The molecule has 2 aromatic rings. The summed E-state index contributed by atoms with van der Waals surface area (Å²) in [6.45, 7) is 10.2. The molecule has 1 aliphatic rings. The molecule has 0 radical (unpaired) electrons. The van der Waals surface area contributed by atoms with E-state index in [0.717, 1.165) is 43.8 Å². The lowest BCUT2D eigenvalue weighted by molar-refractivity contribution is 0.0661. The van der Waals surface area contributed by atoms with Gasteiger partial charge in [0.25, 0.3) is 5.91 Å². The highest BCUT2D eigenvalue weighted by Crippen LogP contribution is 2.26. The largest absolute Gasteiger partial charge is 0.493 e. The van der Waals surface area contributed by atoms with E-state index < -0.39 is 0 Å². The normalized spacial score (nSPS) is 18.2. The first-order chi connectivity index (χ1) is 15.5. The van der Waals surface area contributed by atoms with Gasteiger partial charge in [-0.25, -0.2) is 0 Å². The summed E-state index contributed by atoms with van der Waals surface area (Å²) in [4.78, 5) is 15.5. The maximum Gasteiger partial charge on any atom is 0.254 e. The number of hydrogen-bond donors (Lipinski definition) is 1. The van der Waals surface area contributed by atoms with Crippen molar-refractivity contribution in [3.05, 3.63) is 65.2 Å². The lowest BCUT2D eigenvalue weighted by Gasteiger charge is -2.32. The van der Waals surface area contributed by atoms with Crippen molar-refractivity contribution in [2.75, 3.05) is 40.0 Å². The number of rotatable bonds is 11.